The predicted octanol–water partition coefficient (Wildman–Crippen LogP) is 5.39. The van der Waals surface area contributed by atoms with Gasteiger partial charge < -0.3 is 14.8 Å². The molecule has 0 unspecified atom stereocenters. The molecule has 7 nitrogen and oxygen atoms in total. The van der Waals surface area contributed by atoms with Gasteiger partial charge in [0.25, 0.3) is 5.91 Å². The summed E-state index contributed by atoms with van der Waals surface area (Å²) in [5, 5.41) is 10.8. The highest BCUT2D eigenvalue weighted by Gasteiger charge is 2.38. The summed E-state index contributed by atoms with van der Waals surface area (Å²) < 4.78 is 37.4. The topological polar surface area (TPSA) is 105 Å². The molecule has 3 aromatic heterocycles. The lowest BCUT2D eigenvalue weighted by molar-refractivity contribution is -0.192. The monoisotopic (exact) mass is 457 g/mol. The Hall–Kier alpha value is -4.21. The number of carbonyl (C=O) groups is 2. The lowest BCUT2D eigenvalue weighted by Crippen LogP contribution is -2.21. The van der Waals surface area contributed by atoms with Crippen molar-refractivity contribution in [1.82, 2.24) is 9.97 Å². The molecule has 0 aliphatic rings. The number of fused-ring (bicyclic) bond motifs is 1. The number of benzene rings is 1. The van der Waals surface area contributed by atoms with Gasteiger partial charge in [-0.05, 0) is 49.7 Å². The largest absolute Gasteiger partial charge is 0.490 e. The molecule has 0 aliphatic heterocycles. The van der Waals surface area contributed by atoms with Gasteiger partial charge in [-0.15, -0.1) is 0 Å². The van der Waals surface area contributed by atoms with Crippen LogP contribution in [0.15, 0.2) is 65.2 Å². The molecule has 0 saturated carbocycles. The van der Waals surface area contributed by atoms with Gasteiger partial charge in [0, 0.05) is 11.6 Å². The number of alkyl halides is 3. The first-order chi connectivity index (χ1) is 15.5. The van der Waals surface area contributed by atoms with Crippen LogP contribution in [0.3, 0.4) is 0 Å². The molecule has 0 aliphatic carbocycles. The maximum atomic E-state index is 12.9. The van der Waals surface area contributed by atoms with Gasteiger partial charge in [-0.25, -0.2) is 14.8 Å². The zero-order chi connectivity index (χ0) is 24.2. The third-order valence-electron chi connectivity index (χ3n) is 4.35. The predicted molar refractivity (Wildman–Crippen MR) is 115 cm³/mol. The summed E-state index contributed by atoms with van der Waals surface area (Å²) in [5.41, 5.74) is 2.93. The molecule has 0 spiro atoms. The number of aromatic nitrogens is 2. The van der Waals surface area contributed by atoms with Gasteiger partial charge in [-0.3, -0.25) is 4.79 Å². The van der Waals surface area contributed by atoms with E-state index in [-0.39, 0.29) is 5.91 Å². The molecule has 4 aromatic rings. The van der Waals surface area contributed by atoms with E-state index in [0.29, 0.717) is 22.8 Å². The fourth-order valence-corrected chi connectivity index (χ4v) is 2.79. The molecule has 1 amide bonds. The average Bonchev–Trinajstić information content (AvgIpc) is 3.20. The Morgan fingerprint density at radius 1 is 1.03 bits per heavy atom. The molecular formula is C23H18F3N3O4. The number of para-hydroxylation sites is 1. The normalized spacial score (nSPS) is 10.9. The Morgan fingerprint density at radius 2 is 1.73 bits per heavy atom. The number of rotatable bonds is 3. The molecule has 3 heterocycles. The highest BCUT2D eigenvalue weighted by Crippen LogP contribution is 2.26. The van der Waals surface area contributed by atoms with Crippen molar-refractivity contribution >= 4 is 28.6 Å². The standard InChI is InChI=1S/C21H17N3O2.C2HF3O2/c1-13-7-10-20(22-12-13)24-21(25)16-11-18(19-9-8-14(2)26-19)23-17-6-4-3-5-15(16)17;3-2(4,5)1(6)7/h3-12H,1-2H3,(H,22,24,25);(H,6,7). The van der Waals surface area contributed by atoms with Crippen LogP contribution in [-0.2, 0) is 4.79 Å². The van der Waals surface area contributed by atoms with Gasteiger partial charge >= 0.3 is 12.1 Å². The summed E-state index contributed by atoms with van der Waals surface area (Å²) in [4.78, 5) is 30.7. The number of nitrogens with zero attached hydrogens (tertiary/aromatic N) is 2. The molecule has 170 valence electrons. The number of nitrogens with one attached hydrogen (secondary N) is 1. The van der Waals surface area contributed by atoms with Crippen LogP contribution in [0.1, 0.15) is 21.7 Å². The smallest absolute Gasteiger partial charge is 0.475 e. The second-order valence-electron chi connectivity index (χ2n) is 6.96. The zero-order valence-corrected chi connectivity index (χ0v) is 17.5. The van der Waals surface area contributed by atoms with Crippen LogP contribution >= 0.6 is 0 Å². The maximum Gasteiger partial charge on any atom is 0.490 e. The second kappa shape index (κ2) is 9.51. The fraction of sp³-hybridized carbons (Fsp3) is 0.130. The van der Waals surface area contributed by atoms with Crippen molar-refractivity contribution in [3.05, 3.63) is 77.7 Å². The number of aryl methyl sites for hydroxylation is 2. The first-order valence-corrected chi connectivity index (χ1v) is 9.55. The van der Waals surface area contributed by atoms with Crippen LogP contribution in [0, 0.1) is 13.8 Å². The molecule has 0 saturated heterocycles. The number of furan rings is 1. The van der Waals surface area contributed by atoms with Crippen LogP contribution in [0.25, 0.3) is 22.4 Å². The Labute approximate surface area is 185 Å². The molecule has 4 rings (SSSR count). The molecule has 2 N–H and O–H groups in total. The van der Waals surface area contributed by atoms with E-state index in [0.717, 1.165) is 22.2 Å². The molecule has 33 heavy (non-hydrogen) atoms. The number of carboxylic acid groups (broad SMARTS) is 1. The van der Waals surface area contributed by atoms with Crippen LogP contribution in [0.5, 0.6) is 0 Å². The van der Waals surface area contributed by atoms with Crippen LogP contribution < -0.4 is 5.32 Å². The number of halogens is 3. The number of amides is 1. The van der Waals surface area contributed by atoms with Crippen LogP contribution in [-0.4, -0.2) is 33.1 Å². The van der Waals surface area contributed by atoms with Crippen molar-refractivity contribution in [3.63, 3.8) is 0 Å². The van der Waals surface area contributed by atoms with E-state index in [1.165, 1.54) is 0 Å². The molecule has 10 heteroatoms. The summed E-state index contributed by atoms with van der Waals surface area (Å²) in [6, 6.07) is 16.7. The summed E-state index contributed by atoms with van der Waals surface area (Å²) in [7, 11) is 0. The number of hydrogen-bond acceptors (Lipinski definition) is 5. The molecule has 0 atom stereocenters. The van der Waals surface area contributed by atoms with E-state index in [9.17, 15) is 18.0 Å². The summed E-state index contributed by atoms with van der Waals surface area (Å²) in [5.74, 6) is -1.05. The Balaban J connectivity index is 0.000000383. The molecule has 0 bridgehead atoms. The summed E-state index contributed by atoms with van der Waals surface area (Å²) in [6.07, 6.45) is -3.36. The first-order valence-electron chi connectivity index (χ1n) is 9.55. The van der Waals surface area contributed by atoms with E-state index in [1.807, 2.05) is 56.3 Å². The minimum atomic E-state index is -5.08. The second-order valence-corrected chi connectivity index (χ2v) is 6.96. The SMILES string of the molecule is Cc1ccc(NC(=O)c2cc(-c3ccc(C)o3)nc3ccccc23)nc1.O=C(O)C(F)(F)F. The highest BCUT2D eigenvalue weighted by molar-refractivity contribution is 6.12. The third kappa shape index (κ3) is 5.94. The third-order valence-corrected chi connectivity index (χ3v) is 4.35. The average molecular weight is 457 g/mol. The number of carbonyl (C=O) groups excluding carboxylic acids is 1. The summed E-state index contributed by atoms with van der Waals surface area (Å²) >= 11 is 0. The van der Waals surface area contributed by atoms with Crippen molar-refractivity contribution in [2.75, 3.05) is 5.32 Å². The van der Waals surface area contributed by atoms with E-state index in [2.05, 4.69) is 15.3 Å². The number of pyridine rings is 2. The lowest BCUT2D eigenvalue weighted by atomic mass is 10.1. The van der Waals surface area contributed by atoms with Gasteiger partial charge in [-0.2, -0.15) is 13.2 Å². The fourth-order valence-electron chi connectivity index (χ4n) is 2.79. The Morgan fingerprint density at radius 3 is 2.30 bits per heavy atom. The van der Waals surface area contributed by atoms with E-state index in [4.69, 9.17) is 14.3 Å². The van der Waals surface area contributed by atoms with Gasteiger partial charge in [-0.1, -0.05) is 24.3 Å². The molecule has 1 aromatic carbocycles. The minimum Gasteiger partial charge on any atom is -0.475 e. The van der Waals surface area contributed by atoms with Crippen LogP contribution in [0.4, 0.5) is 19.0 Å². The Kier molecular flexibility index (Phi) is 6.76. The number of carboxylic acids is 1. The first kappa shape index (κ1) is 23.5. The van der Waals surface area contributed by atoms with E-state index in [1.54, 1.807) is 18.3 Å². The Bertz CT molecular complexity index is 1300. The molecule has 0 radical (unpaired) electrons. The van der Waals surface area contributed by atoms with E-state index >= 15 is 0 Å². The quantitative estimate of drug-likeness (QED) is 0.427. The van der Waals surface area contributed by atoms with Gasteiger partial charge in [0.15, 0.2) is 5.76 Å². The highest BCUT2D eigenvalue weighted by atomic mass is 19.4. The number of anilines is 1. The maximum absolute atomic E-state index is 12.9. The molecular weight excluding hydrogens is 439 g/mol. The van der Waals surface area contributed by atoms with Gasteiger partial charge in [0.2, 0.25) is 0 Å². The van der Waals surface area contributed by atoms with Crippen molar-refractivity contribution in [3.8, 4) is 11.5 Å². The van der Waals surface area contributed by atoms with E-state index < -0.39 is 12.1 Å². The minimum absolute atomic E-state index is 0.232. The van der Waals surface area contributed by atoms with Crippen molar-refractivity contribution in [1.29, 1.82) is 0 Å². The number of aliphatic carboxylic acids is 1. The van der Waals surface area contributed by atoms with Crippen molar-refractivity contribution in [2.24, 2.45) is 0 Å². The van der Waals surface area contributed by atoms with Gasteiger partial charge in [0.1, 0.15) is 17.3 Å². The van der Waals surface area contributed by atoms with Crippen LogP contribution in [0.2, 0.25) is 0 Å². The van der Waals surface area contributed by atoms with Gasteiger partial charge in [0.05, 0.1) is 11.1 Å². The van der Waals surface area contributed by atoms with Crippen molar-refractivity contribution < 1.29 is 32.3 Å². The van der Waals surface area contributed by atoms with Crippen molar-refractivity contribution in [2.45, 2.75) is 20.0 Å². The lowest BCUT2D eigenvalue weighted by Gasteiger charge is -2.09. The zero-order valence-electron chi connectivity index (χ0n) is 17.5. The number of hydrogen-bond donors (Lipinski definition) is 2. The molecule has 0 fully saturated rings. The summed E-state index contributed by atoms with van der Waals surface area (Å²) in [6.45, 7) is 3.83.